The highest BCUT2D eigenvalue weighted by Gasteiger charge is 2.31. The maximum atomic E-state index is 12.6. The summed E-state index contributed by atoms with van der Waals surface area (Å²) in [6.45, 7) is 6.35. The van der Waals surface area contributed by atoms with E-state index in [0.717, 1.165) is 18.2 Å². The molecule has 24 heavy (non-hydrogen) atoms. The van der Waals surface area contributed by atoms with Crippen molar-refractivity contribution in [2.75, 3.05) is 31.6 Å². The number of nitrogens with one attached hydrogen (secondary N) is 2. The number of hydrogen-bond donors (Lipinski definition) is 1. The molecule has 3 atom stereocenters. The van der Waals surface area contributed by atoms with Crippen LogP contribution in [-0.4, -0.2) is 45.1 Å². The first-order valence-corrected chi connectivity index (χ1v) is 10.3. The molecular weight excluding hydrogens is 326 g/mol. The third kappa shape index (κ3) is 3.73. The maximum absolute atomic E-state index is 12.6. The molecule has 0 amide bonds. The van der Waals surface area contributed by atoms with Crippen LogP contribution >= 0.6 is 0 Å². The van der Waals surface area contributed by atoms with Gasteiger partial charge in [0.2, 0.25) is 10.0 Å². The van der Waals surface area contributed by atoms with Crippen LogP contribution in [-0.2, 0) is 14.8 Å². The molecule has 1 aliphatic heterocycles. The van der Waals surface area contributed by atoms with Crippen molar-refractivity contribution in [1.29, 1.82) is 0 Å². The molecule has 1 aromatic heterocycles. The third-order valence-electron chi connectivity index (χ3n) is 5.44. The number of sulfonamides is 1. The number of H-pyrrole nitrogens is 1. The van der Waals surface area contributed by atoms with Crippen molar-refractivity contribution >= 4 is 15.8 Å². The molecular formula is C17H28N3O3S+. The summed E-state index contributed by atoms with van der Waals surface area (Å²) < 4.78 is 31.9. The largest absolute Gasteiger partial charge is 0.379 e. The first kappa shape index (κ1) is 17.6. The molecule has 2 aliphatic rings. The molecule has 0 radical (unpaired) electrons. The van der Waals surface area contributed by atoms with Gasteiger partial charge in [-0.1, -0.05) is 20.3 Å². The van der Waals surface area contributed by atoms with Gasteiger partial charge in [-0.25, -0.2) is 13.4 Å². The van der Waals surface area contributed by atoms with Gasteiger partial charge >= 0.3 is 0 Å². The Bertz CT molecular complexity index is 642. The molecule has 3 rings (SSSR count). The van der Waals surface area contributed by atoms with Gasteiger partial charge in [0, 0.05) is 19.2 Å². The molecule has 2 fully saturated rings. The summed E-state index contributed by atoms with van der Waals surface area (Å²) in [6.07, 6.45) is 5.28. The van der Waals surface area contributed by atoms with E-state index >= 15 is 0 Å². The number of hydrogen-bond acceptors (Lipinski definition) is 4. The molecule has 1 aromatic rings. The predicted octanol–water partition coefficient (Wildman–Crippen LogP) is 1.76. The summed E-state index contributed by atoms with van der Waals surface area (Å²) in [5, 5.41) is 3.54. The van der Waals surface area contributed by atoms with E-state index in [-0.39, 0.29) is 0 Å². The summed E-state index contributed by atoms with van der Waals surface area (Å²) in [7, 11) is -3.44. The van der Waals surface area contributed by atoms with Crippen LogP contribution in [0.5, 0.6) is 0 Å². The minimum absolute atomic E-state index is 0.306. The zero-order valence-corrected chi connectivity index (χ0v) is 15.3. The van der Waals surface area contributed by atoms with Crippen molar-refractivity contribution in [2.45, 2.75) is 44.0 Å². The zero-order chi connectivity index (χ0) is 17.2. The molecule has 0 aromatic carbocycles. The van der Waals surface area contributed by atoms with Gasteiger partial charge in [-0.15, -0.1) is 0 Å². The Labute approximate surface area is 144 Å². The average Bonchev–Trinajstić information content (AvgIpc) is 2.60. The van der Waals surface area contributed by atoms with E-state index in [1.165, 1.54) is 17.1 Å². The van der Waals surface area contributed by atoms with Crippen molar-refractivity contribution < 1.29 is 18.1 Å². The molecule has 0 unspecified atom stereocenters. The lowest BCUT2D eigenvalue weighted by Gasteiger charge is -2.31. The fourth-order valence-electron chi connectivity index (χ4n) is 3.58. The highest BCUT2D eigenvalue weighted by molar-refractivity contribution is 7.89. The lowest BCUT2D eigenvalue weighted by molar-refractivity contribution is -0.364. The lowest BCUT2D eigenvalue weighted by atomic mass is 9.78. The molecule has 0 spiro atoms. The van der Waals surface area contributed by atoms with Crippen LogP contribution < -0.4 is 10.3 Å². The SMILES string of the molecule is C[C@@H]1[C@@H](C)CCC[C@H]1Nc1ccc(S(=O)(=O)N2CCOCC2)c[nH+]1. The minimum atomic E-state index is -3.44. The molecule has 1 saturated heterocycles. The third-order valence-corrected chi connectivity index (χ3v) is 7.33. The number of pyridine rings is 1. The normalized spacial score (nSPS) is 29.3. The second-order valence-electron chi connectivity index (χ2n) is 6.97. The summed E-state index contributed by atoms with van der Waals surface area (Å²) >= 11 is 0. The second-order valence-corrected chi connectivity index (χ2v) is 8.91. The molecule has 134 valence electrons. The van der Waals surface area contributed by atoms with Gasteiger partial charge in [-0.2, -0.15) is 4.31 Å². The van der Waals surface area contributed by atoms with Gasteiger partial charge in [-0.05, 0) is 30.7 Å². The Kier molecular flexibility index (Phi) is 5.42. The van der Waals surface area contributed by atoms with E-state index in [9.17, 15) is 8.42 Å². The highest BCUT2D eigenvalue weighted by Crippen LogP contribution is 2.31. The van der Waals surface area contributed by atoms with E-state index in [2.05, 4.69) is 24.1 Å². The van der Waals surface area contributed by atoms with Crippen molar-refractivity contribution in [3.63, 3.8) is 0 Å². The number of aromatic nitrogens is 1. The Morgan fingerprint density at radius 3 is 2.62 bits per heavy atom. The fourth-order valence-corrected chi connectivity index (χ4v) is 4.96. The number of nitrogens with zero attached hydrogens (tertiary/aromatic N) is 1. The summed E-state index contributed by atoms with van der Waals surface area (Å²) in [5.74, 6) is 2.21. The van der Waals surface area contributed by atoms with Gasteiger partial charge in [0.1, 0.15) is 11.1 Å². The van der Waals surface area contributed by atoms with Crippen LogP contribution in [0.25, 0.3) is 0 Å². The standard InChI is InChI=1S/C17H27N3O3S/c1-13-4-3-5-16(14(13)2)19-17-7-6-15(12-18-17)24(21,22)20-8-10-23-11-9-20/h6-7,12-14,16H,3-5,8-11H2,1-2H3,(H,18,19)/p+1/t13-,14+,16+/m0/s1. The average molecular weight is 354 g/mol. The maximum Gasteiger partial charge on any atom is 0.272 e. The zero-order valence-electron chi connectivity index (χ0n) is 14.5. The molecule has 1 aliphatic carbocycles. The smallest absolute Gasteiger partial charge is 0.272 e. The Balaban J connectivity index is 1.69. The summed E-state index contributed by atoms with van der Waals surface area (Å²) in [5.41, 5.74) is 0. The van der Waals surface area contributed by atoms with Crippen LogP contribution in [0.1, 0.15) is 33.1 Å². The van der Waals surface area contributed by atoms with E-state index in [1.54, 1.807) is 12.3 Å². The van der Waals surface area contributed by atoms with Crippen LogP contribution in [0.2, 0.25) is 0 Å². The van der Waals surface area contributed by atoms with Crippen LogP contribution in [0, 0.1) is 11.8 Å². The fraction of sp³-hybridized carbons (Fsp3) is 0.706. The first-order valence-electron chi connectivity index (χ1n) is 8.84. The molecule has 2 N–H and O–H groups in total. The van der Waals surface area contributed by atoms with Crippen LogP contribution in [0.4, 0.5) is 5.82 Å². The van der Waals surface area contributed by atoms with Crippen molar-refractivity contribution in [3.8, 4) is 0 Å². The number of anilines is 1. The minimum Gasteiger partial charge on any atom is -0.379 e. The monoisotopic (exact) mass is 354 g/mol. The quantitative estimate of drug-likeness (QED) is 0.894. The van der Waals surface area contributed by atoms with E-state index < -0.39 is 10.0 Å². The molecule has 0 bridgehead atoms. The number of morpholine rings is 1. The molecule has 2 heterocycles. The number of rotatable bonds is 4. The van der Waals surface area contributed by atoms with E-state index in [1.807, 2.05) is 6.07 Å². The van der Waals surface area contributed by atoms with Crippen LogP contribution in [0.15, 0.2) is 23.2 Å². The number of ether oxygens (including phenoxy) is 1. The van der Waals surface area contributed by atoms with E-state index in [4.69, 9.17) is 4.74 Å². The van der Waals surface area contributed by atoms with Gasteiger partial charge in [-0.3, -0.25) is 5.32 Å². The Hall–Kier alpha value is -1.18. The Morgan fingerprint density at radius 1 is 1.21 bits per heavy atom. The molecule has 7 heteroatoms. The topological polar surface area (TPSA) is 72.8 Å². The van der Waals surface area contributed by atoms with Crippen LogP contribution in [0.3, 0.4) is 0 Å². The van der Waals surface area contributed by atoms with Crippen molar-refractivity contribution in [3.05, 3.63) is 18.3 Å². The number of aromatic amines is 1. The molecule has 1 saturated carbocycles. The van der Waals surface area contributed by atoms with Crippen molar-refractivity contribution in [1.82, 2.24) is 4.31 Å². The van der Waals surface area contributed by atoms with Crippen molar-refractivity contribution in [2.24, 2.45) is 11.8 Å². The van der Waals surface area contributed by atoms with Gasteiger partial charge < -0.3 is 4.74 Å². The van der Waals surface area contributed by atoms with Gasteiger partial charge in [0.15, 0.2) is 0 Å². The summed E-state index contributed by atoms with van der Waals surface area (Å²) in [6, 6.07) is 3.95. The van der Waals surface area contributed by atoms with Gasteiger partial charge in [0.25, 0.3) is 5.82 Å². The lowest BCUT2D eigenvalue weighted by Crippen LogP contribution is -2.41. The molecule has 6 nitrogen and oxygen atoms in total. The summed E-state index contributed by atoms with van der Waals surface area (Å²) in [4.78, 5) is 3.42. The second kappa shape index (κ2) is 7.37. The van der Waals surface area contributed by atoms with E-state index in [0.29, 0.717) is 43.2 Å². The van der Waals surface area contributed by atoms with Gasteiger partial charge in [0.05, 0.1) is 19.3 Å². The highest BCUT2D eigenvalue weighted by atomic mass is 32.2. The first-order chi connectivity index (χ1) is 11.5. The Morgan fingerprint density at radius 2 is 1.96 bits per heavy atom. The predicted molar refractivity (Wildman–Crippen MR) is 92.2 cm³/mol.